The Balaban J connectivity index is 2.15. The second-order valence-corrected chi connectivity index (χ2v) is 3.49. The third kappa shape index (κ3) is 1.80. The summed E-state index contributed by atoms with van der Waals surface area (Å²) < 4.78 is 5.36. The van der Waals surface area contributed by atoms with Crippen molar-refractivity contribution in [3.8, 4) is 5.75 Å². The van der Waals surface area contributed by atoms with E-state index in [-0.39, 0.29) is 11.9 Å². The molecule has 1 heterocycles. The Morgan fingerprint density at radius 3 is 3.00 bits per heavy atom. The Morgan fingerprint density at radius 1 is 1.60 bits per heavy atom. The van der Waals surface area contributed by atoms with E-state index in [1.165, 1.54) is 0 Å². The van der Waals surface area contributed by atoms with Gasteiger partial charge in [0, 0.05) is 11.8 Å². The van der Waals surface area contributed by atoms with Gasteiger partial charge in [0.05, 0.1) is 13.2 Å². The van der Waals surface area contributed by atoms with Gasteiger partial charge in [-0.25, -0.2) is 0 Å². The minimum atomic E-state index is -0.333. The molecule has 0 spiro atoms. The molecule has 0 radical (unpaired) electrons. The van der Waals surface area contributed by atoms with Crippen LogP contribution in [0.15, 0.2) is 24.3 Å². The number of carbonyl (C=O) groups is 1. The van der Waals surface area contributed by atoms with Crippen molar-refractivity contribution in [1.29, 1.82) is 0 Å². The number of ether oxygens (including phenoxy) is 1. The number of nitrogens with zero attached hydrogens (tertiary/aromatic N) is 1. The summed E-state index contributed by atoms with van der Waals surface area (Å²) in [5, 5.41) is 0. The smallest absolute Gasteiger partial charge is 0.245 e. The summed E-state index contributed by atoms with van der Waals surface area (Å²) >= 11 is 0. The molecule has 4 nitrogen and oxygen atoms in total. The van der Waals surface area contributed by atoms with E-state index in [9.17, 15) is 4.79 Å². The maximum Gasteiger partial charge on any atom is 0.245 e. The first-order valence-corrected chi connectivity index (χ1v) is 5.02. The van der Waals surface area contributed by atoms with Crippen molar-refractivity contribution in [2.75, 3.05) is 18.1 Å². The Bertz CT molecular complexity index is 379. The molecule has 2 rings (SSSR count). The van der Waals surface area contributed by atoms with Crippen LogP contribution in [0, 0.1) is 0 Å². The molecule has 15 heavy (non-hydrogen) atoms. The minimum absolute atomic E-state index is 0.0244. The number of β-lactam (4-membered cyclic amide) rings is 1. The molecule has 1 unspecified atom stereocenters. The predicted octanol–water partition coefficient (Wildman–Crippen LogP) is 0.759. The van der Waals surface area contributed by atoms with E-state index in [2.05, 4.69) is 0 Å². The first kappa shape index (κ1) is 9.98. The molecular weight excluding hydrogens is 192 g/mol. The molecule has 4 heteroatoms. The molecule has 1 aliphatic heterocycles. The first-order chi connectivity index (χ1) is 7.22. The monoisotopic (exact) mass is 206 g/mol. The summed E-state index contributed by atoms with van der Waals surface area (Å²) in [7, 11) is 0. The number of hydrogen-bond acceptors (Lipinski definition) is 3. The fourth-order valence-electron chi connectivity index (χ4n) is 1.59. The summed E-state index contributed by atoms with van der Waals surface area (Å²) in [6.45, 7) is 3.14. The normalized spacial score (nSPS) is 20.0. The average Bonchev–Trinajstić information content (AvgIpc) is 2.26. The molecule has 1 aromatic carbocycles. The van der Waals surface area contributed by atoms with Gasteiger partial charge in [0.25, 0.3) is 0 Å². The Kier molecular flexibility index (Phi) is 2.60. The van der Waals surface area contributed by atoms with Crippen molar-refractivity contribution in [3.63, 3.8) is 0 Å². The van der Waals surface area contributed by atoms with Crippen LogP contribution >= 0.6 is 0 Å². The van der Waals surface area contributed by atoms with E-state index in [0.717, 1.165) is 11.4 Å². The third-order valence-corrected chi connectivity index (χ3v) is 2.40. The van der Waals surface area contributed by atoms with E-state index in [1.54, 1.807) is 4.90 Å². The van der Waals surface area contributed by atoms with Gasteiger partial charge in [-0.15, -0.1) is 0 Å². The number of benzene rings is 1. The zero-order chi connectivity index (χ0) is 10.8. The molecule has 0 bridgehead atoms. The highest BCUT2D eigenvalue weighted by Crippen LogP contribution is 2.25. The minimum Gasteiger partial charge on any atom is -0.494 e. The van der Waals surface area contributed by atoms with Gasteiger partial charge in [-0.1, -0.05) is 6.07 Å². The van der Waals surface area contributed by atoms with Crippen LogP contribution in [0.3, 0.4) is 0 Å². The van der Waals surface area contributed by atoms with Gasteiger partial charge < -0.3 is 15.4 Å². The molecule has 1 amide bonds. The van der Waals surface area contributed by atoms with Crippen molar-refractivity contribution >= 4 is 11.6 Å². The number of nitrogens with two attached hydrogens (primary N) is 1. The van der Waals surface area contributed by atoms with Crippen LogP contribution in [0.25, 0.3) is 0 Å². The van der Waals surface area contributed by atoms with E-state index < -0.39 is 0 Å². The number of amides is 1. The van der Waals surface area contributed by atoms with Crippen molar-refractivity contribution in [1.82, 2.24) is 0 Å². The highest BCUT2D eigenvalue weighted by molar-refractivity contribution is 6.03. The second kappa shape index (κ2) is 3.90. The lowest BCUT2D eigenvalue weighted by Gasteiger charge is -2.36. The lowest BCUT2D eigenvalue weighted by atomic mass is 10.1. The Morgan fingerprint density at radius 2 is 2.40 bits per heavy atom. The molecule has 0 saturated carbocycles. The molecule has 1 fully saturated rings. The van der Waals surface area contributed by atoms with Crippen LogP contribution in [0.4, 0.5) is 5.69 Å². The summed E-state index contributed by atoms with van der Waals surface area (Å²) in [5.74, 6) is 0.756. The zero-order valence-electron chi connectivity index (χ0n) is 8.64. The predicted molar refractivity (Wildman–Crippen MR) is 57.9 cm³/mol. The fraction of sp³-hybridized carbons (Fsp3) is 0.364. The standard InChI is InChI=1S/C11H14N2O2/c1-2-15-9-5-3-4-8(6-9)13-7-10(12)11(13)14/h3-6,10H,2,7,12H2,1H3. The summed E-state index contributed by atoms with van der Waals surface area (Å²) in [6, 6.07) is 7.15. The van der Waals surface area contributed by atoms with Crippen molar-refractivity contribution in [2.45, 2.75) is 13.0 Å². The SMILES string of the molecule is CCOc1cccc(N2CC(N)C2=O)c1. The molecule has 80 valence electrons. The van der Waals surface area contributed by atoms with Gasteiger partial charge in [-0.05, 0) is 19.1 Å². The highest BCUT2D eigenvalue weighted by atomic mass is 16.5. The molecule has 0 aromatic heterocycles. The van der Waals surface area contributed by atoms with Gasteiger partial charge in [0.1, 0.15) is 11.8 Å². The van der Waals surface area contributed by atoms with Crippen LogP contribution in [-0.4, -0.2) is 25.1 Å². The van der Waals surface area contributed by atoms with Crippen molar-refractivity contribution < 1.29 is 9.53 Å². The summed E-state index contributed by atoms with van der Waals surface area (Å²) in [6.07, 6.45) is 0. The van der Waals surface area contributed by atoms with Crippen molar-refractivity contribution in [2.24, 2.45) is 5.73 Å². The van der Waals surface area contributed by atoms with E-state index >= 15 is 0 Å². The maximum absolute atomic E-state index is 11.4. The Hall–Kier alpha value is -1.55. The molecule has 1 atom stereocenters. The fourth-order valence-corrected chi connectivity index (χ4v) is 1.59. The molecule has 2 N–H and O–H groups in total. The lowest BCUT2D eigenvalue weighted by Crippen LogP contribution is -2.61. The first-order valence-electron chi connectivity index (χ1n) is 5.02. The summed E-state index contributed by atoms with van der Waals surface area (Å²) in [4.78, 5) is 13.1. The van der Waals surface area contributed by atoms with Gasteiger partial charge in [0.15, 0.2) is 0 Å². The van der Waals surface area contributed by atoms with Crippen molar-refractivity contribution in [3.05, 3.63) is 24.3 Å². The zero-order valence-corrected chi connectivity index (χ0v) is 8.64. The van der Waals surface area contributed by atoms with Gasteiger partial charge in [0.2, 0.25) is 5.91 Å². The molecule has 1 aromatic rings. The number of carbonyl (C=O) groups excluding carboxylic acids is 1. The highest BCUT2D eigenvalue weighted by Gasteiger charge is 2.34. The molecule has 0 aliphatic carbocycles. The second-order valence-electron chi connectivity index (χ2n) is 3.49. The quantitative estimate of drug-likeness (QED) is 0.743. The molecule has 1 aliphatic rings. The van der Waals surface area contributed by atoms with Crippen LogP contribution in [-0.2, 0) is 4.79 Å². The Labute approximate surface area is 88.6 Å². The molecule has 1 saturated heterocycles. The lowest BCUT2D eigenvalue weighted by molar-refractivity contribution is -0.123. The average molecular weight is 206 g/mol. The maximum atomic E-state index is 11.4. The van der Waals surface area contributed by atoms with E-state index in [0.29, 0.717) is 13.2 Å². The van der Waals surface area contributed by atoms with Gasteiger partial charge in [-0.3, -0.25) is 4.79 Å². The van der Waals surface area contributed by atoms with Gasteiger partial charge >= 0.3 is 0 Å². The molecular formula is C11H14N2O2. The number of rotatable bonds is 3. The van der Waals surface area contributed by atoms with Crippen LogP contribution in [0.2, 0.25) is 0 Å². The number of hydrogen-bond donors (Lipinski definition) is 1. The third-order valence-electron chi connectivity index (χ3n) is 2.40. The van der Waals surface area contributed by atoms with Crippen LogP contribution in [0.5, 0.6) is 5.75 Å². The summed E-state index contributed by atoms with van der Waals surface area (Å²) in [5.41, 5.74) is 6.38. The topological polar surface area (TPSA) is 55.6 Å². The van der Waals surface area contributed by atoms with E-state index in [1.807, 2.05) is 31.2 Å². The van der Waals surface area contributed by atoms with Gasteiger partial charge in [-0.2, -0.15) is 0 Å². The number of anilines is 1. The largest absolute Gasteiger partial charge is 0.494 e. The van der Waals surface area contributed by atoms with Crippen LogP contribution in [0.1, 0.15) is 6.92 Å². The van der Waals surface area contributed by atoms with Crippen LogP contribution < -0.4 is 15.4 Å². The van der Waals surface area contributed by atoms with E-state index in [4.69, 9.17) is 10.5 Å².